The lowest BCUT2D eigenvalue weighted by Crippen LogP contribution is -2.43. The van der Waals surface area contributed by atoms with Crippen LogP contribution < -0.4 is 5.32 Å². The van der Waals surface area contributed by atoms with Gasteiger partial charge in [-0.2, -0.15) is 0 Å². The molecule has 1 atom stereocenters. The number of hydrogen-bond acceptors (Lipinski definition) is 3. The second kappa shape index (κ2) is 8.00. The van der Waals surface area contributed by atoms with Gasteiger partial charge in [-0.1, -0.05) is 48.0 Å². The van der Waals surface area contributed by atoms with E-state index in [1.54, 1.807) is 6.07 Å². The van der Waals surface area contributed by atoms with Crippen molar-refractivity contribution < 1.29 is 9.90 Å². The summed E-state index contributed by atoms with van der Waals surface area (Å²) in [6.07, 6.45) is 1.10. The second-order valence-corrected chi connectivity index (χ2v) is 6.94. The summed E-state index contributed by atoms with van der Waals surface area (Å²) in [6, 6.07) is 14.9. The Hall–Kier alpha value is -1.88. The minimum absolute atomic E-state index is 0.0810. The normalized spacial score (nSPS) is 17.2. The third-order valence-electron chi connectivity index (χ3n) is 4.67. The Labute approximate surface area is 153 Å². The van der Waals surface area contributed by atoms with Crippen LogP contribution in [0.2, 0.25) is 5.02 Å². The van der Waals surface area contributed by atoms with E-state index >= 15 is 0 Å². The van der Waals surface area contributed by atoms with Gasteiger partial charge in [0.05, 0.1) is 6.10 Å². The van der Waals surface area contributed by atoms with Crippen LogP contribution in [0.15, 0.2) is 48.5 Å². The van der Waals surface area contributed by atoms with Gasteiger partial charge in [-0.15, -0.1) is 0 Å². The molecule has 2 aromatic rings. The predicted molar refractivity (Wildman–Crippen MR) is 101 cm³/mol. The van der Waals surface area contributed by atoms with Crippen LogP contribution in [0, 0.1) is 6.92 Å². The molecule has 1 saturated heterocycles. The molecule has 25 heavy (non-hydrogen) atoms. The molecule has 2 N–H and O–H groups in total. The summed E-state index contributed by atoms with van der Waals surface area (Å²) in [6.45, 7) is 3.32. The standard InChI is InChI=1S/C20H23ClN2O2/c1-14-7-8-16(13-18(14)21)22-20(25)19(15-5-3-2-4-6-15)23-11-9-17(24)10-12-23/h2-8,13,17,19,24H,9-12H2,1H3,(H,22,25)/t19-/m1/s1. The number of likely N-dealkylation sites (tertiary alicyclic amines) is 1. The Bertz CT molecular complexity index is 728. The van der Waals surface area contributed by atoms with Gasteiger partial charge in [-0.3, -0.25) is 9.69 Å². The number of carbonyl (C=O) groups is 1. The molecule has 3 rings (SSSR count). The van der Waals surface area contributed by atoms with E-state index in [1.165, 1.54) is 0 Å². The molecule has 5 heteroatoms. The second-order valence-electron chi connectivity index (χ2n) is 6.53. The Morgan fingerprint density at radius 3 is 2.52 bits per heavy atom. The first kappa shape index (κ1) is 17.9. The summed E-state index contributed by atoms with van der Waals surface area (Å²) in [4.78, 5) is 15.2. The van der Waals surface area contributed by atoms with Crippen molar-refractivity contribution in [3.05, 3.63) is 64.7 Å². The van der Waals surface area contributed by atoms with Crippen molar-refractivity contribution in [3.8, 4) is 0 Å². The smallest absolute Gasteiger partial charge is 0.246 e. The zero-order valence-electron chi connectivity index (χ0n) is 14.3. The number of nitrogens with zero attached hydrogens (tertiary/aromatic N) is 1. The molecule has 0 saturated carbocycles. The van der Waals surface area contributed by atoms with Gasteiger partial charge in [-0.05, 0) is 43.0 Å². The van der Waals surface area contributed by atoms with Gasteiger partial charge >= 0.3 is 0 Å². The van der Waals surface area contributed by atoms with Crippen LogP contribution >= 0.6 is 11.6 Å². The fraction of sp³-hybridized carbons (Fsp3) is 0.350. The predicted octanol–water partition coefficient (Wildman–Crippen LogP) is 3.78. The Morgan fingerprint density at radius 1 is 1.20 bits per heavy atom. The Balaban J connectivity index is 1.83. The van der Waals surface area contributed by atoms with Gasteiger partial charge in [0.15, 0.2) is 0 Å². The molecule has 0 unspecified atom stereocenters. The fourth-order valence-corrected chi connectivity index (χ4v) is 3.37. The van der Waals surface area contributed by atoms with Crippen molar-refractivity contribution in [3.63, 3.8) is 0 Å². The van der Waals surface area contributed by atoms with Crippen LogP contribution in [0.5, 0.6) is 0 Å². The first-order chi connectivity index (χ1) is 12.0. The lowest BCUT2D eigenvalue weighted by atomic mass is 9.99. The van der Waals surface area contributed by atoms with Crippen molar-refractivity contribution in [2.24, 2.45) is 0 Å². The van der Waals surface area contributed by atoms with Crippen LogP contribution in [0.1, 0.15) is 30.0 Å². The summed E-state index contributed by atoms with van der Waals surface area (Å²) < 4.78 is 0. The highest BCUT2D eigenvalue weighted by Crippen LogP contribution is 2.27. The molecule has 1 heterocycles. The third-order valence-corrected chi connectivity index (χ3v) is 5.07. The van der Waals surface area contributed by atoms with Gasteiger partial charge in [0.25, 0.3) is 0 Å². The topological polar surface area (TPSA) is 52.6 Å². The van der Waals surface area contributed by atoms with Gasteiger partial charge in [0.1, 0.15) is 6.04 Å². The number of aliphatic hydroxyl groups is 1. The number of anilines is 1. The summed E-state index contributed by atoms with van der Waals surface area (Å²) in [5.74, 6) is -0.0810. The minimum Gasteiger partial charge on any atom is -0.393 e. The SMILES string of the molecule is Cc1ccc(NC(=O)[C@@H](c2ccccc2)N2CCC(O)CC2)cc1Cl. The number of piperidine rings is 1. The van der Waals surface area contributed by atoms with E-state index in [-0.39, 0.29) is 18.1 Å². The largest absolute Gasteiger partial charge is 0.393 e. The van der Waals surface area contributed by atoms with E-state index in [4.69, 9.17) is 11.6 Å². The molecule has 1 aliphatic rings. The molecule has 0 bridgehead atoms. The Kier molecular flexibility index (Phi) is 5.74. The van der Waals surface area contributed by atoms with Crippen LogP contribution in [0.3, 0.4) is 0 Å². The molecule has 4 nitrogen and oxygen atoms in total. The summed E-state index contributed by atoms with van der Waals surface area (Å²) in [5, 5.41) is 13.4. The number of halogens is 1. The molecule has 0 aliphatic carbocycles. The van der Waals surface area contributed by atoms with Gasteiger partial charge < -0.3 is 10.4 Å². The number of nitrogens with one attached hydrogen (secondary N) is 1. The molecule has 1 amide bonds. The molecule has 1 aliphatic heterocycles. The van der Waals surface area contributed by atoms with Crippen molar-refractivity contribution in [2.45, 2.75) is 31.9 Å². The van der Waals surface area contributed by atoms with Crippen molar-refractivity contribution in [1.82, 2.24) is 4.90 Å². The molecule has 0 spiro atoms. The van der Waals surface area contributed by atoms with E-state index in [1.807, 2.05) is 49.4 Å². The molecular formula is C20H23ClN2O2. The third kappa shape index (κ3) is 4.40. The number of aliphatic hydroxyl groups excluding tert-OH is 1. The highest BCUT2D eigenvalue weighted by Gasteiger charge is 2.30. The quantitative estimate of drug-likeness (QED) is 0.874. The van der Waals surface area contributed by atoms with E-state index in [9.17, 15) is 9.90 Å². The van der Waals surface area contributed by atoms with Crippen LogP contribution in [-0.4, -0.2) is 35.1 Å². The first-order valence-corrected chi connectivity index (χ1v) is 8.96. The number of rotatable bonds is 4. The molecular weight excluding hydrogens is 336 g/mol. The number of carbonyl (C=O) groups excluding carboxylic acids is 1. The molecule has 1 fully saturated rings. The number of aryl methyl sites for hydroxylation is 1. The fourth-order valence-electron chi connectivity index (χ4n) is 3.19. The molecule has 0 aromatic heterocycles. The maximum absolute atomic E-state index is 13.0. The summed E-state index contributed by atoms with van der Waals surface area (Å²) in [5.41, 5.74) is 2.62. The zero-order valence-corrected chi connectivity index (χ0v) is 15.0. The lowest BCUT2D eigenvalue weighted by Gasteiger charge is -2.35. The zero-order chi connectivity index (χ0) is 17.8. The van der Waals surface area contributed by atoms with E-state index in [0.717, 1.165) is 11.1 Å². The first-order valence-electron chi connectivity index (χ1n) is 8.58. The van der Waals surface area contributed by atoms with E-state index < -0.39 is 0 Å². The molecule has 2 aromatic carbocycles. The number of hydrogen-bond donors (Lipinski definition) is 2. The lowest BCUT2D eigenvalue weighted by molar-refractivity contribution is -0.122. The average Bonchev–Trinajstić information content (AvgIpc) is 2.61. The Morgan fingerprint density at radius 2 is 1.88 bits per heavy atom. The highest BCUT2D eigenvalue weighted by atomic mass is 35.5. The van der Waals surface area contributed by atoms with Gasteiger partial charge in [-0.25, -0.2) is 0 Å². The minimum atomic E-state index is -0.381. The van der Waals surface area contributed by atoms with Gasteiger partial charge in [0.2, 0.25) is 5.91 Å². The van der Waals surface area contributed by atoms with Crippen molar-refractivity contribution >= 4 is 23.2 Å². The molecule has 0 radical (unpaired) electrons. The summed E-state index contributed by atoms with van der Waals surface area (Å²) >= 11 is 6.17. The van der Waals surface area contributed by atoms with Crippen LogP contribution in [0.25, 0.3) is 0 Å². The van der Waals surface area contributed by atoms with Crippen molar-refractivity contribution in [2.75, 3.05) is 18.4 Å². The molecule has 132 valence electrons. The monoisotopic (exact) mass is 358 g/mol. The van der Waals surface area contributed by atoms with Crippen LogP contribution in [0.4, 0.5) is 5.69 Å². The highest BCUT2D eigenvalue weighted by molar-refractivity contribution is 6.31. The van der Waals surface area contributed by atoms with Gasteiger partial charge in [0, 0.05) is 23.8 Å². The van der Waals surface area contributed by atoms with E-state index in [0.29, 0.717) is 36.6 Å². The maximum Gasteiger partial charge on any atom is 0.246 e. The van der Waals surface area contributed by atoms with E-state index in [2.05, 4.69) is 10.2 Å². The average molecular weight is 359 g/mol. The maximum atomic E-state index is 13.0. The van der Waals surface area contributed by atoms with Crippen molar-refractivity contribution in [1.29, 1.82) is 0 Å². The summed E-state index contributed by atoms with van der Waals surface area (Å²) in [7, 11) is 0. The van der Waals surface area contributed by atoms with Crippen LogP contribution in [-0.2, 0) is 4.79 Å². The number of amides is 1. The number of benzene rings is 2.